The third kappa shape index (κ3) is 3.13. The lowest BCUT2D eigenvalue weighted by atomic mass is 10.2. The largest absolute Gasteiger partial charge is 0.481 e. The summed E-state index contributed by atoms with van der Waals surface area (Å²) in [5.74, 6) is -1.09. The first-order chi connectivity index (χ1) is 9.91. The van der Waals surface area contributed by atoms with Crippen LogP contribution in [-0.2, 0) is 4.79 Å². The lowest BCUT2D eigenvalue weighted by Crippen LogP contribution is -2.29. The van der Waals surface area contributed by atoms with Crippen molar-refractivity contribution in [3.8, 4) is 5.13 Å². The van der Waals surface area contributed by atoms with Crippen LogP contribution in [0.3, 0.4) is 0 Å². The van der Waals surface area contributed by atoms with Gasteiger partial charge in [0.15, 0.2) is 5.13 Å². The molecule has 21 heavy (non-hydrogen) atoms. The number of rotatable bonds is 5. The average Bonchev–Trinajstić information content (AvgIpc) is 3.03. The molecule has 2 aromatic rings. The molecule has 7 heteroatoms. The summed E-state index contributed by atoms with van der Waals surface area (Å²) < 4.78 is 1.93. The number of nitrogens with zero attached hydrogens (tertiary/aromatic N) is 3. The number of carboxylic acids is 1. The van der Waals surface area contributed by atoms with Crippen molar-refractivity contribution < 1.29 is 14.7 Å². The maximum atomic E-state index is 12.4. The predicted molar refractivity (Wildman–Crippen MR) is 80.1 cm³/mol. The molecule has 0 bridgehead atoms. The third-order valence-electron chi connectivity index (χ3n) is 3.28. The average molecular weight is 307 g/mol. The number of aryl methyl sites for hydroxylation is 1. The van der Waals surface area contributed by atoms with Gasteiger partial charge in [0.05, 0.1) is 12.0 Å². The Balaban J connectivity index is 2.27. The van der Waals surface area contributed by atoms with Crippen molar-refractivity contribution in [2.45, 2.75) is 20.3 Å². The Labute approximate surface area is 126 Å². The number of hydrogen-bond donors (Lipinski definition) is 1. The van der Waals surface area contributed by atoms with Crippen molar-refractivity contribution >= 4 is 23.2 Å². The molecule has 2 rings (SSSR count). The Morgan fingerprint density at radius 3 is 2.71 bits per heavy atom. The van der Waals surface area contributed by atoms with Gasteiger partial charge in [-0.25, -0.2) is 4.98 Å². The van der Waals surface area contributed by atoms with Gasteiger partial charge < -0.3 is 10.0 Å². The molecule has 112 valence electrons. The first-order valence-corrected chi connectivity index (χ1v) is 7.36. The second kappa shape index (κ2) is 6.09. The first kappa shape index (κ1) is 15.2. The van der Waals surface area contributed by atoms with Gasteiger partial charge in [0, 0.05) is 36.6 Å². The van der Waals surface area contributed by atoms with E-state index in [0.717, 1.165) is 16.5 Å². The molecule has 0 saturated heterocycles. The summed E-state index contributed by atoms with van der Waals surface area (Å²) in [5, 5.41) is 11.4. The molecule has 1 N–H and O–H groups in total. The van der Waals surface area contributed by atoms with Gasteiger partial charge in [-0.3, -0.25) is 14.2 Å². The van der Waals surface area contributed by atoms with E-state index in [2.05, 4.69) is 4.98 Å². The van der Waals surface area contributed by atoms with Crippen LogP contribution in [0.4, 0.5) is 0 Å². The zero-order chi connectivity index (χ0) is 15.6. The number of amides is 1. The first-order valence-electron chi connectivity index (χ1n) is 6.48. The molecule has 0 spiro atoms. The summed E-state index contributed by atoms with van der Waals surface area (Å²) in [5.41, 5.74) is 2.32. The van der Waals surface area contributed by atoms with Crippen molar-refractivity contribution in [3.63, 3.8) is 0 Å². The van der Waals surface area contributed by atoms with Gasteiger partial charge in [-0.1, -0.05) is 0 Å². The summed E-state index contributed by atoms with van der Waals surface area (Å²) >= 11 is 1.50. The topological polar surface area (TPSA) is 75.4 Å². The summed E-state index contributed by atoms with van der Waals surface area (Å²) in [6.07, 6.45) is 1.66. The van der Waals surface area contributed by atoms with Gasteiger partial charge in [0.25, 0.3) is 5.91 Å². The van der Waals surface area contributed by atoms with Gasteiger partial charge in [0.2, 0.25) is 0 Å². The second-order valence-corrected chi connectivity index (χ2v) is 5.68. The van der Waals surface area contributed by atoms with Crippen LogP contribution in [0.25, 0.3) is 5.13 Å². The van der Waals surface area contributed by atoms with Crippen LogP contribution >= 0.6 is 11.3 Å². The highest BCUT2D eigenvalue weighted by Crippen LogP contribution is 2.23. The fourth-order valence-electron chi connectivity index (χ4n) is 2.17. The quantitative estimate of drug-likeness (QED) is 0.918. The number of carbonyl (C=O) groups is 2. The summed E-state index contributed by atoms with van der Waals surface area (Å²) in [6, 6.07) is 1.82. The van der Waals surface area contributed by atoms with Crippen LogP contribution in [0.2, 0.25) is 0 Å². The number of hydrogen-bond acceptors (Lipinski definition) is 4. The predicted octanol–water partition coefficient (Wildman–Crippen LogP) is 2.10. The number of aliphatic carboxylic acids is 1. The Morgan fingerprint density at radius 1 is 1.43 bits per heavy atom. The maximum absolute atomic E-state index is 12.4. The lowest BCUT2D eigenvalue weighted by molar-refractivity contribution is -0.137. The number of aromatic nitrogens is 2. The minimum Gasteiger partial charge on any atom is -0.481 e. The van der Waals surface area contributed by atoms with Crippen molar-refractivity contribution in [3.05, 3.63) is 34.6 Å². The van der Waals surface area contributed by atoms with Gasteiger partial charge >= 0.3 is 5.97 Å². The molecule has 0 aromatic carbocycles. The molecular formula is C14H17N3O3S. The van der Waals surface area contributed by atoms with Crippen molar-refractivity contribution in [1.29, 1.82) is 0 Å². The minimum atomic E-state index is -0.914. The highest BCUT2D eigenvalue weighted by molar-refractivity contribution is 7.12. The standard InChI is InChI=1S/C14H17N3O3S/c1-9-8-11(13(20)16(3)6-4-12(18)19)10(2)17(9)14-15-5-7-21-14/h5,7-8H,4,6H2,1-3H3,(H,18,19). The molecule has 0 aliphatic rings. The van der Waals surface area contributed by atoms with Gasteiger partial charge in [0.1, 0.15) is 0 Å². The zero-order valence-electron chi connectivity index (χ0n) is 12.2. The third-order valence-corrected chi connectivity index (χ3v) is 4.04. The van der Waals surface area contributed by atoms with E-state index in [1.807, 2.05) is 29.9 Å². The van der Waals surface area contributed by atoms with E-state index in [-0.39, 0.29) is 18.9 Å². The summed E-state index contributed by atoms with van der Waals surface area (Å²) in [4.78, 5) is 28.7. The molecule has 1 amide bonds. The van der Waals surface area contributed by atoms with Gasteiger partial charge in [-0.2, -0.15) is 0 Å². The van der Waals surface area contributed by atoms with Crippen molar-refractivity contribution in [2.75, 3.05) is 13.6 Å². The van der Waals surface area contributed by atoms with Crippen LogP contribution in [0.15, 0.2) is 17.6 Å². The van der Waals surface area contributed by atoms with E-state index >= 15 is 0 Å². The highest BCUT2D eigenvalue weighted by atomic mass is 32.1. The summed E-state index contributed by atoms with van der Waals surface area (Å²) in [6.45, 7) is 3.98. The molecular weight excluding hydrogens is 290 g/mol. The van der Waals surface area contributed by atoms with Crippen molar-refractivity contribution in [1.82, 2.24) is 14.5 Å². The molecule has 0 unspecified atom stereocenters. The van der Waals surface area contributed by atoms with Crippen LogP contribution in [0, 0.1) is 13.8 Å². The van der Waals surface area contributed by atoms with E-state index in [0.29, 0.717) is 5.56 Å². The molecule has 0 fully saturated rings. The van der Waals surface area contributed by atoms with Gasteiger partial charge in [-0.05, 0) is 19.9 Å². The Bertz CT molecular complexity index is 661. The molecule has 0 aliphatic heterocycles. The highest BCUT2D eigenvalue weighted by Gasteiger charge is 2.20. The van der Waals surface area contributed by atoms with E-state index in [1.165, 1.54) is 16.2 Å². The fourth-order valence-corrected chi connectivity index (χ4v) is 2.92. The molecule has 2 heterocycles. The molecule has 6 nitrogen and oxygen atoms in total. The maximum Gasteiger partial charge on any atom is 0.305 e. The van der Waals surface area contributed by atoms with E-state index in [4.69, 9.17) is 5.11 Å². The van der Waals surface area contributed by atoms with Crippen molar-refractivity contribution in [2.24, 2.45) is 0 Å². The van der Waals surface area contributed by atoms with Crippen LogP contribution < -0.4 is 0 Å². The monoisotopic (exact) mass is 307 g/mol. The van der Waals surface area contributed by atoms with Crippen LogP contribution in [-0.4, -0.2) is 45.0 Å². The smallest absolute Gasteiger partial charge is 0.305 e. The molecule has 0 atom stereocenters. The lowest BCUT2D eigenvalue weighted by Gasteiger charge is -2.16. The molecule has 0 radical (unpaired) electrons. The Kier molecular flexibility index (Phi) is 4.42. The Hall–Kier alpha value is -2.15. The fraction of sp³-hybridized carbons (Fsp3) is 0.357. The summed E-state index contributed by atoms with van der Waals surface area (Å²) in [7, 11) is 1.61. The van der Waals surface area contributed by atoms with E-state index in [1.54, 1.807) is 13.2 Å². The number of thiazole rings is 1. The molecule has 0 aliphatic carbocycles. The molecule has 2 aromatic heterocycles. The normalized spacial score (nSPS) is 10.6. The molecule has 0 saturated carbocycles. The van der Waals surface area contributed by atoms with E-state index in [9.17, 15) is 9.59 Å². The van der Waals surface area contributed by atoms with Crippen LogP contribution in [0.1, 0.15) is 28.2 Å². The number of carbonyl (C=O) groups excluding carboxylic acids is 1. The minimum absolute atomic E-state index is 0.0620. The van der Waals surface area contributed by atoms with Crippen LogP contribution in [0.5, 0.6) is 0 Å². The zero-order valence-corrected chi connectivity index (χ0v) is 13.0. The SMILES string of the molecule is Cc1cc(C(=O)N(C)CCC(=O)O)c(C)n1-c1nccs1. The van der Waals surface area contributed by atoms with E-state index < -0.39 is 5.97 Å². The van der Waals surface area contributed by atoms with Gasteiger partial charge in [-0.15, -0.1) is 11.3 Å². The second-order valence-electron chi connectivity index (χ2n) is 4.81. The Morgan fingerprint density at radius 2 is 2.14 bits per heavy atom. The number of carboxylic acid groups (broad SMARTS) is 1.